The van der Waals surface area contributed by atoms with Crippen molar-refractivity contribution in [3.8, 4) is 5.75 Å². The number of nitrogens with zero attached hydrogens (tertiary/aromatic N) is 4. The van der Waals surface area contributed by atoms with Gasteiger partial charge in [0.1, 0.15) is 5.75 Å². The number of rotatable bonds is 7. The summed E-state index contributed by atoms with van der Waals surface area (Å²) in [7, 11) is 5.45. The number of methoxy groups -OCH3 is 1. The lowest BCUT2D eigenvalue weighted by Gasteiger charge is -2.28. The standard InChI is InChI=1S/C22H28N4O2/c1-25(2)22-23-14-17(15-24-22)12-13-21(27)26(19-9-5-6-10-19)16-18-8-4-7-11-20(18)28-3/h4,7-8,11-15,19H,5-6,9-10,16H2,1-3H3/b13-12+. The number of ether oxygens (including phenoxy) is 1. The first kappa shape index (κ1) is 19.9. The third-order valence-electron chi connectivity index (χ3n) is 5.06. The molecular formula is C22H28N4O2. The fourth-order valence-corrected chi connectivity index (χ4v) is 3.53. The molecule has 0 N–H and O–H groups in total. The molecule has 0 spiro atoms. The summed E-state index contributed by atoms with van der Waals surface area (Å²) in [4.78, 5) is 25.4. The molecule has 1 aliphatic rings. The number of hydrogen-bond donors (Lipinski definition) is 0. The Morgan fingerprint density at radius 1 is 1.18 bits per heavy atom. The quantitative estimate of drug-likeness (QED) is 0.688. The van der Waals surface area contributed by atoms with Crippen molar-refractivity contribution < 1.29 is 9.53 Å². The van der Waals surface area contributed by atoms with E-state index in [1.807, 2.05) is 48.2 Å². The predicted molar refractivity (Wildman–Crippen MR) is 111 cm³/mol. The van der Waals surface area contributed by atoms with Crippen molar-refractivity contribution >= 4 is 17.9 Å². The van der Waals surface area contributed by atoms with Crippen LogP contribution in [-0.4, -0.2) is 48.0 Å². The number of carbonyl (C=O) groups excluding carboxylic acids is 1. The van der Waals surface area contributed by atoms with Gasteiger partial charge in [-0.3, -0.25) is 4.79 Å². The van der Waals surface area contributed by atoms with Gasteiger partial charge >= 0.3 is 0 Å². The van der Waals surface area contributed by atoms with E-state index in [1.54, 1.807) is 31.7 Å². The third kappa shape index (κ3) is 4.88. The van der Waals surface area contributed by atoms with E-state index in [2.05, 4.69) is 9.97 Å². The molecule has 6 heteroatoms. The van der Waals surface area contributed by atoms with Gasteiger partial charge in [0.25, 0.3) is 0 Å². The molecule has 6 nitrogen and oxygen atoms in total. The predicted octanol–water partition coefficient (Wildman–Crippen LogP) is 3.54. The van der Waals surface area contributed by atoms with Crippen LogP contribution in [0.2, 0.25) is 0 Å². The van der Waals surface area contributed by atoms with Crippen LogP contribution in [0.3, 0.4) is 0 Å². The lowest BCUT2D eigenvalue weighted by molar-refractivity contribution is -0.128. The smallest absolute Gasteiger partial charge is 0.247 e. The van der Waals surface area contributed by atoms with Gasteiger partial charge in [-0.1, -0.05) is 31.0 Å². The average molecular weight is 380 g/mol. The molecule has 0 aliphatic heterocycles. The number of para-hydroxylation sites is 1. The number of anilines is 1. The Labute approximate surface area is 166 Å². The van der Waals surface area contributed by atoms with Crippen LogP contribution in [0.5, 0.6) is 5.75 Å². The van der Waals surface area contributed by atoms with E-state index >= 15 is 0 Å². The van der Waals surface area contributed by atoms with Crippen molar-refractivity contribution in [3.63, 3.8) is 0 Å². The minimum atomic E-state index is 0.00879. The molecule has 0 bridgehead atoms. The Hall–Kier alpha value is -2.89. The Kier molecular flexibility index (Phi) is 6.63. The summed E-state index contributed by atoms with van der Waals surface area (Å²) in [5, 5.41) is 0. The van der Waals surface area contributed by atoms with E-state index in [9.17, 15) is 4.79 Å². The van der Waals surface area contributed by atoms with Crippen molar-refractivity contribution in [1.29, 1.82) is 0 Å². The first-order valence-corrected chi connectivity index (χ1v) is 9.68. The zero-order valence-corrected chi connectivity index (χ0v) is 16.8. The van der Waals surface area contributed by atoms with E-state index in [-0.39, 0.29) is 11.9 Å². The van der Waals surface area contributed by atoms with E-state index < -0.39 is 0 Å². The van der Waals surface area contributed by atoms with Crippen molar-refractivity contribution in [1.82, 2.24) is 14.9 Å². The largest absolute Gasteiger partial charge is 0.496 e. The molecule has 0 saturated heterocycles. The maximum atomic E-state index is 13.0. The SMILES string of the molecule is COc1ccccc1CN(C(=O)/C=C/c1cnc(N(C)C)nc1)C1CCCC1. The molecule has 3 rings (SSSR count). The van der Waals surface area contributed by atoms with Crippen LogP contribution in [0, 0.1) is 0 Å². The Balaban J connectivity index is 1.76. The molecule has 148 valence electrons. The van der Waals surface area contributed by atoms with Crippen LogP contribution in [0.1, 0.15) is 36.8 Å². The second kappa shape index (κ2) is 9.35. The molecule has 1 aromatic heterocycles. The summed E-state index contributed by atoms with van der Waals surface area (Å²) in [6.45, 7) is 0.550. The maximum Gasteiger partial charge on any atom is 0.247 e. The number of benzene rings is 1. The molecule has 1 aliphatic carbocycles. The van der Waals surface area contributed by atoms with E-state index in [0.29, 0.717) is 12.5 Å². The van der Waals surface area contributed by atoms with Crippen molar-refractivity contribution in [2.75, 3.05) is 26.1 Å². The highest BCUT2D eigenvalue weighted by atomic mass is 16.5. The first-order chi connectivity index (χ1) is 13.6. The van der Waals surface area contributed by atoms with Gasteiger partial charge in [0.2, 0.25) is 11.9 Å². The minimum Gasteiger partial charge on any atom is -0.496 e. The number of amides is 1. The van der Waals surface area contributed by atoms with Crippen molar-refractivity contribution in [2.24, 2.45) is 0 Å². The van der Waals surface area contributed by atoms with Gasteiger partial charge in [-0.05, 0) is 25.0 Å². The maximum absolute atomic E-state index is 13.0. The fourth-order valence-electron chi connectivity index (χ4n) is 3.53. The summed E-state index contributed by atoms with van der Waals surface area (Å²) >= 11 is 0. The molecule has 1 aromatic carbocycles. The second-order valence-electron chi connectivity index (χ2n) is 7.26. The van der Waals surface area contributed by atoms with Crippen LogP contribution in [-0.2, 0) is 11.3 Å². The normalized spacial score (nSPS) is 14.4. The summed E-state index contributed by atoms with van der Waals surface area (Å²) in [6.07, 6.45) is 11.3. The monoisotopic (exact) mass is 380 g/mol. The van der Waals surface area contributed by atoms with Crippen LogP contribution in [0.25, 0.3) is 6.08 Å². The van der Waals surface area contributed by atoms with Crippen LogP contribution in [0.15, 0.2) is 42.7 Å². The molecule has 0 atom stereocenters. The number of aromatic nitrogens is 2. The summed E-state index contributed by atoms with van der Waals surface area (Å²) < 4.78 is 5.47. The second-order valence-corrected chi connectivity index (χ2v) is 7.26. The molecular weight excluding hydrogens is 352 g/mol. The summed E-state index contributed by atoms with van der Waals surface area (Å²) in [5.74, 6) is 1.47. The van der Waals surface area contributed by atoms with Crippen molar-refractivity contribution in [3.05, 3.63) is 53.9 Å². The highest BCUT2D eigenvalue weighted by Crippen LogP contribution is 2.28. The highest BCUT2D eigenvalue weighted by Gasteiger charge is 2.26. The van der Waals surface area contributed by atoms with Crippen LogP contribution in [0.4, 0.5) is 5.95 Å². The molecule has 2 aromatic rings. The van der Waals surface area contributed by atoms with Gasteiger partial charge in [0, 0.05) is 56.3 Å². The van der Waals surface area contributed by atoms with Gasteiger partial charge in [0.15, 0.2) is 0 Å². The molecule has 1 fully saturated rings. The van der Waals surface area contributed by atoms with Gasteiger partial charge in [0.05, 0.1) is 7.11 Å². The Morgan fingerprint density at radius 3 is 2.50 bits per heavy atom. The van der Waals surface area contributed by atoms with Crippen LogP contribution >= 0.6 is 0 Å². The molecule has 1 saturated carbocycles. The van der Waals surface area contributed by atoms with Crippen molar-refractivity contribution in [2.45, 2.75) is 38.3 Å². The zero-order valence-electron chi connectivity index (χ0n) is 16.8. The molecule has 1 amide bonds. The van der Waals surface area contributed by atoms with Gasteiger partial charge in [-0.15, -0.1) is 0 Å². The highest BCUT2D eigenvalue weighted by molar-refractivity contribution is 5.92. The molecule has 28 heavy (non-hydrogen) atoms. The van der Waals surface area contributed by atoms with Gasteiger partial charge in [-0.2, -0.15) is 0 Å². The lowest BCUT2D eigenvalue weighted by Crippen LogP contribution is -2.37. The van der Waals surface area contributed by atoms with Crippen LogP contribution < -0.4 is 9.64 Å². The summed E-state index contributed by atoms with van der Waals surface area (Å²) in [5.41, 5.74) is 1.83. The molecule has 1 heterocycles. The average Bonchev–Trinajstić information content (AvgIpc) is 3.25. The van der Waals surface area contributed by atoms with E-state index in [4.69, 9.17) is 4.74 Å². The Morgan fingerprint density at radius 2 is 1.86 bits per heavy atom. The first-order valence-electron chi connectivity index (χ1n) is 9.68. The number of hydrogen-bond acceptors (Lipinski definition) is 5. The molecule has 0 radical (unpaired) electrons. The zero-order chi connectivity index (χ0) is 19.9. The third-order valence-corrected chi connectivity index (χ3v) is 5.06. The van der Waals surface area contributed by atoms with E-state index in [0.717, 1.165) is 29.7 Å². The summed E-state index contributed by atoms with van der Waals surface area (Å²) in [6, 6.07) is 8.16. The van der Waals surface area contributed by atoms with E-state index in [1.165, 1.54) is 12.8 Å². The topological polar surface area (TPSA) is 58.6 Å². The van der Waals surface area contributed by atoms with Gasteiger partial charge in [-0.25, -0.2) is 9.97 Å². The Bertz CT molecular complexity index is 812. The lowest BCUT2D eigenvalue weighted by atomic mass is 10.1. The van der Waals surface area contributed by atoms with Gasteiger partial charge < -0.3 is 14.5 Å². The molecule has 0 unspecified atom stereocenters. The minimum absolute atomic E-state index is 0.00879. The number of carbonyl (C=O) groups is 1. The fraction of sp³-hybridized carbons (Fsp3) is 0.409.